The molecule has 2 aromatic carbocycles. The molecule has 0 bridgehead atoms. The molecule has 0 fully saturated rings. The van der Waals surface area contributed by atoms with E-state index in [0.717, 1.165) is 5.56 Å². The van der Waals surface area contributed by atoms with Gasteiger partial charge in [0.1, 0.15) is 13.2 Å². The average Bonchev–Trinajstić information content (AvgIpc) is 2.62. The first-order valence-electron chi connectivity index (χ1n) is 7.80. The summed E-state index contributed by atoms with van der Waals surface area (Å²) in [5, 5.41) is 14.6. The molecule has 0 spiro atoms. The normalized spacial score (nSPS) is 12.2. The molecule has 0 unspecified atom stereocenters. The van der Waals surface area contributed by atoms with E-state index in [9.17, 15) is 9.59 Å². The van der Waals surface area contributed by atoms with Crippen LogP contribution in [0.5, 0.6) is 11.5 Å². The van der Waals surface area contributed by atoms with E-state index >= 15 is 0 Å². The van der Waals surface area contributed by atoms with E-state index < -0.39 is 11.9 Å². The summed E-state index contributed by atoms with van der Waals surface area (Å²) in [5.41, 5.74) is 1.80. The minimum absolute atomic E-state index is 0.0653. The van der Waals surface area contributed by atoms with Gasteiger partial charge in [0.2, 0.25) is 0 Å². The van der Waals surface area contributed by atoms with E-state index in [1.165, 1.54) is 12.1 Å². The lowest BCUT2D eigenvalue weighted by atomic mass is 10.1. The van der Waals surface area contributed by atoms with Crippen molar-refractivity contribution in [2.75, 3.05) is 18.5 Å². The number of anilines is 1. The molecule has 0 saturated carbocycles. The average molecular weight is 372 g/mol. The van der Waals surface area contributed by atoms with Crippen LogP contribution in [0, 0.1) is 6.92 Å². The Kier molecular flexibility index (Phi) is 5.04. The first-order chi connectivity index (χ1) is 12.4. The van der Waals surface area contributed by atoms with Gasteiger partial charge >= 0.3 is 5.97 Å². The molecule has 1 amide bonds. The van der Waals surface area contributed by atoms with Crippen molar-refractivity contribution in [3.8, 4) is 11.5 Å². The van der Waals surface area contributed by atoms with Crippen molar-refractivity contribution in [3.05, 3.63) is 53.1 Å². The number of carbonyl (C=O) groups is 2. The molecule has 0 radical (unpaired) electrons. The molecule has 2 aromatic rings. The third-order valence-electron chi connectivity index (χ3n) is 3.76. The second kappa shape index (κ2) is 7.40. The molecule has 3 rings (SSSR count). The van der Waals surface area contributed by atoms with Crippen LogP contribution in [-0.2, 0) is 0 Å². The SMILES string of the molecule is Cc1ccc(C(=O)O)cc1NC(=S)NC(=O)c1ccc2c(c1)OCCO2. The Morgan fingerprint density at radius 3 is 2.46 bits per heavy atom. The molecule has 26 heavy (non-hydrogen) atoms. The van der Waals surface area contributed by atoms with E-state index in [1.54, 1.807) is 31.2 Å². The fraction of sp³-hybridized carbons (Fsp3) is 0.167. The summed E-state index contributed by atoms with van der Waals surface area (Å²) in [5.74, 6) is -0.354. The van der Waals surface area contributed by atoms with Crippen LogP contribution >= 0.6 is 12.2 Å². The number of aryl methyl sites for hydroxylation is 1. The van der Waals surface area contributed by atoms with E-state index in [-0.39, 0.29) is 10.7 Å². The highest BCUT2D eigenvalue weighted by molar-refractivity contribution is 7.80. The number of nitrogens with one attached hydrogen (secondary N) is 2. The Bertz CT molecular complexity index is 897. The van der Waals surface area contributed by atoms with Gasteiger partial charge in [-0.15, -0.1) is 0 Å². The van der Waals surface area contributed by atoms with E-state index in [1.807, 2.05) is 0 Å². The molecule has 1 aliphatic rings. The van der Waals surface area contributed by atoms with Crippen molar-refractivity contribution >= 4 is 34.9 Å². The first kappa shape index (κ1) is 17.7. The lowest BCUT2D eigenvalue weighted by Gasteiger charge is -2.19. The second-order valence-corrected chi connectivity index (χ2v) is 6.01. The summed E-state index contributed by atoms with van der Waals surface area (Å²) in [6.07, 6.45) is 0. The highest BCUT2D eigenvalue weighted by Crippen LogP contribution is 2.30. The third-order valence-corrected chi connectivity index (χ3v) is 3.97. The lowest BCUT2D eigenvalue weighted by molar-refractivity contribution is 0.0696. The van der Waals surface area contributed by atoms with Crippen molar-refractivity contribution in [1.29, 1.82) is 0 Å². The topological polar surface area (TPSA) is 96.9 Å². The summed E-state index contributed by atoms with van der Waals surface area (Å²) >= 11 is 5.16. The van der Waals surface area contributed by atoms with Gasteiger partial charge in [-0.25, -0.2) is 4.79 Å². The largest absolute Gasteiger partial charge is 0.486 e. The van der Waals surface area contributed by atoms with Gasteiger partial charge in [0.05, 0.1) is 5.56 Å². The number of aromatic carboxylic acids is 1. The van der Waals surface area contributed by atoms with Crippen LogP contribution in [-0.4, -0.2) is 35.3 Å². The summed E-state index contributed by atoms with van der Waals surface area (Å²) in [7, 11) is 0. The molecule has 0 saturated heterocycles. The van der Waals surface area contributed by atoms with Gasteiger partial charge in [-0.2, -0.15) is 0 Å². The molecule has 7 nitrogen and oxygen atoms in total. The van der Waals surface area contributed by atoms with Crippen LogP contribution in [0.4, 0.5) is 5.69 Å². The predicted molar refractivity (Wildman–Crippen MR) is 99.3 cm³/mol. The van der Waals surface area contributed by atoms with Crippen LogP contribution in [0.2, 0.25) is 0 Å². The van der Waals surface area contributed by atoms with Gasteiger partial charge in [0.25, 0.3) is 5.91 Å². The zero-order chi connectivity index (χ0) is 18.7. The van der Waals surface area contributed by atoms with Crippen molar-refractivity contribution in [2.45, 2.75) is 6.92 Å². The monoisotopic (exact) mass is 372 g/mol. The fourth-order valence-electron chi connectivity index (χ4n) is 2.40. The van der Waals surface area contributed by atoms with E-state index in [0.29, 0.717) is 36.0 Å². The van der Waals surface area contributed by atoms with Crippen molar-refractivity contribution < 1.29 is 24.2 Å². The molecule has 1 heterocycles. The maximum atomic E-state index is 12.4. The Hall–Kier alpha value is -3.13. The number of carboxylic acids is 1. The van der Waals surface area contributed by atoms with Crippen LogP contribution in [0.25, 0.3) is 0 Å². The lowest BCUT2D eigenvalue weighted by Crippen LogP contribution is -2.34. The minimum Gasteiger partial charge on any atom is -0.486 e. The maximum Gasteiger partial charge on any atom is 0.335 e. The zero-order valence-corrected chi connectivity index (χ0v) is 14.7. The molecule has 0 aliphatic carbocycles. The summed E-state index contributed by atoms with van der Waals surface area (Å²) in [6.45, 7) is 2.71. The molecule has 1 aliphatic heterocycles. The van der Waals surface area contributed by atoms with Gasteiger partial charge in [-0.05, 0) is 55.0 Å². The quantitative estimate of drug-likeness (QED) is 0.713. The van der Waals surface area contributed by atoms with Gasteiger partial charge in [-0.3, -0.25) is 10.1 Å². The summed E-state index contributed by atoms with van der Waals surface area (Å²) in [4.78, 5) is 23.4. The molecule has 0 atom stereocenters. The Morgan fingerprint density at radius 2 is 1.73 bits per heavy atom. The number of rotatable bonds is 3. The molecule has 0 aromatic heterocycles. The minimum atomic E-state index is -1.04. The standard InChI is InChI=1S/C18H16N2O5S/c1-10-2-3-12(17(22)23)8-13(10)19-18(26)20-16(21)11-4-5-14-15(9-11)25-7-6-24-14/h2-5,8-9H,6-7H2,1H3,(H,22,23)(H2,19,20,21,26). The number of amides is 1. The van der Waals surface area contributed by atoms with Crippen LogP contribution in [0.15, 0.2) is 36.4 Å². The van der Waals surface area contributed by atoms with Gasteiger partial charge in [0.15, 0.2) is 16.6 Å². The van der Waals surface area contributed by atoms with Crippen LogP contribution in [0.3, 0.4) is 0 Å². The smallest absolute Gasteiger partial charge is 0.335 e. The van der Waals surface area contributed by atoms with Gasteiger partial charge < -0.3 is 19.9 Å². The van der Waals surface area contributed by atoms with Crippen molar-refractivity contribution in [3.63, 3.8) is 0 Å². The predicted octanol–water partition coefficient (Wildman–Crippen LogP) is 2.59. The summed E-state index contributed by atoms with van der Waals surface area (Å²) in [6, 6.07) is 9.49. The molecular formula is C18H16N2O5S. The first-order valence-corrected chi connectivity index (χ1v) is 8.21. The van der Waals surface area contributed by atoms with Crippen LogP contribution in [0.1, 0.15) is 26.3 Å². The molecule has 3 N–H and O–H groups in total. The van der Waals surface area contributed by atoms with E-state index in [2.05, 4.69) is 10.6 Å². The maximum absolute atomic E-state index is 12.4. The number of carbonyl (C=O) groups excluding carboxylic acids is 1. The summed E-state index contributed by atoms with van der Waals surface area (Å²) < 4.78 is 10.9. The Balaban J connectivity index is 1.69. The number of carboxylic acid groups (broad SMARTS) is 1. The number of benzene rings is 2. The molecule has 134 valence electrons. The Morgan fingerprint density at radius 1 is 1.04 bits per heavy atom. The third kappa shape index (κ3) is 3.92. The number of thiocarbonyl (C=S) groups is 1. The highest BCUT2D eigenvalue weighted by atomic mass is 32.1. The molecular weight excluding hydrogens is 356 g/mol. The fourth-order valence-corrected chi connectivity index (χ4v) is 2.61. The van der Waals surface area contributed by atoms with Gasteiger partial charge in [0, 0.05) is 11.3 Å². The second-order valence-electron chi connectivity index (χ2n) is 5.60. The van der Waals surface area contributed by atoms with Crippen molar-refractivity contribution in [2.24, 2.45) is 0 Å². The van der Waals surface area contributed by atoms with Crippen LogP contribution < -0.4 is 20.1 Å². The number of hydrogen-bond donors (Lipinski definition) is 3. The zero-order valence-electron chi connectivity index (χ0n) is 13.9. The van der Waals surface area contributed by atoms with Gasteiger partial charge in [-0.1, -0.05) is 6.07 Å². The molecule has 8 heteroatoms. The Labute approximate surface area is 154 Å². The number of ether oxygens (including phenoxy) is 2. The van der Waals surface area contributed by atoms with E-state index in [4.69, 9.17) is 26.8 Å². The van der Waals surface area contributed by atoms with Crippen molar-refractivity contribution in [1.82, 2.24) is 5.32 Å². The highest BCUT2D eigenvalue weighted by Gasteiger charge is 2.16. The number of fused-ring (bicyclic) bond motifs is 1. The number of hydrogen-bond acceptors (Lipinski definition) is 5.